The third-order valence-corrected chi connectivity index (χ3v) is 3.88. The minimum absolute atomic E-state index is 0.361. The minimum Gasteiger partial charge on any atom is -0.496 e. The van der Waals surface area contributed by atoms with Gasteiger partial charge in [0, 0.05) is 18.6 Å². The van der Waals surface area contributed by atoms with E-state index in [9.17, 15) is 0 Å². The predicted octanol–water partition coefficient (Wildman–Crippen LogP) is 3.08. The molecule has 0 bridgehead atoms. The largest absolute Gasteiger partial charge is 0.496 e. The SMILES string of the molecule is CCNC(c1ccc(C)c(OC)c1)C1CCCOC1. The lowest BCUT2D eigenvalue weighted by Crippen LogP contribution is -2.33. The Morgan fingerprint density at radius 2 is 2.32 bits per heavy atom. The number of hydrogen-bond donors (Lipinski definition) is 1. The van der Waals surface area contributed by atoms with Gasteiger partial charge in [-0.15, -0.1) is 0 Å². The maximum absolute atomic E-state index is 5.64. The summed E-state index contributed by atoms with van der Waals surface area (Å²) < 4.78 is 11.1. The van der Waals surface area contributed by atoms with Crippen molar-refractivity contribution in [3.8, 4) is 5.75 Å². The first-order valence-corrected chi connectivity index (χ1v) is 7.22. The number of aryl methyl sites for hydroxylation is 1. The molecule has 0 saturated carbocycles. The van der Waals surface area contributed by atoms with E-state index in [1.54, 1.807) is 7.11 Å². The molecule has 1 saturated heterocycles. The summed E-state index contributed by atoms with van der Waals surface area (Å²) >= 11 is 0. The van der Waals surface area contributed by atoms with E-state index in [0.717, 1.165) is 31.9 Å². The molecule has 1 aliphatic heterocycles. The summed E-state index contributed by atoms with van der Waals surface area (Å²) in [4.78, 5) is 0. The molecule has 2 unspecified atom stereocenters. The lowest BCUT2D eigenvalue weighted by molar-refractivity contribution is 0.0392. The van der Waals surface area contributed by atoms with Crippen LogP contribution in [0, 0.1) is 12.8 Å². The molecule has 106 valence electrons. The zero-order chi connectivity index (χ0) is 13.7. The third-order valence-electron chi connectivity index (χ3n) is 3.88. The van der Waals surface area contributed by atoms with Crippen LogP contribution in [-0.4, -0.2) is 26.9 Å². The maximum atomic E-state index is 5.64. The van der Waals surface area contributed by atoms with Gasteiger partial charge in [-0.1, -0.05) is 19.1 Å². The van der Waals surface area contributed by atoms with Crippen LogP contribution >= 0.6 is 0 Å². The second-order valence-electron chi connectivity index (χ2n) is 5.24. The van der Waals surface area contributed by atoms with E-state index in [2.05, 4.69) is 37.4 Å². The average Bonchev–Trinajstić information content (AvgIpc) is 2.46. The molecule has 3 heteroatoms. The molecule has 0 aliphatic carbocycles. The molecule has 1 aromatic carbocycles. The van der Waals surface area contributed by atoms with E-state index in [1.807, 2.05) is 0 Å². The number of hydrogen-bond acceptors (Lipinski definition) is 3. The van der Waals surface area contributed by atoms with Crippen molar-refractivity contribution < 1.29 is 9.47 Å². The van der Waals surface area contributed by atoms with Gasteiger partial charge < -0.3 is 14.8 Å². The van der Waals surface area contributed by atoms with Gasteiger partial charge in [0.2, 0.25) is 0 Å². The summed E-state index contributed by atoms with van der Waals surface area (Å²) in [5.74, 6) is 1.53. The smallest absolute Gasteiger partial charge is 0.122 e. The van der Waals surface area contributed by atoms with Crippen LogP contribution in [0.25, 0.3) is 0 Å². The summed E-state index contributed by atoms with van der Waals surface area (Å²) in [5.41, 5.74) is 2.49. The summed E-state index contributed by atoms with van der Waals surface area (Å²) in [6.07, 6.45) is 2.39. The summed E-state index contributed by atoms with van der Waals surface area (Å²) in [6, 6.07) is 6.87. The van der Waals surface area contributed by atoms with Gasteiger partial charge in [-0.3, -0.25) is 0 Å². The van der Waals surface area contributed by atoms with Gasteiger partial charge in [0.15, 0.2) is 0 Å². The summed E-state index contributed by atoms with van der Waals surface area (Å²) in [6.45, 7) is 6.97. The summed E-state index contributed by atoms with van der Waals surface area (Å²) in [7, 11) is 1.73. The van der Waals surface area contributed by atoms with E-state index in [4.69, 9.17) is 9.47 Å². The standard InChI is InChI=1S/C16H25NO2/c1-4-17-16(14-6-5-9-19-11-14)13-8-7-12(2)15(10-13)18-3/h7-8,10,14,16-17H,4-6,9,11H2,1-3H3. The third kappa shape index (κ3) is 3.48. The van der Waals surface area contributed by atoms with Crippen molar-refractivity contribution in [2.45, 2.75) is 32.7 Å². The Balaban J connectivity index is 2.22. The Morgan fingerprint density at radius 3 is 2.95 bits per heavy atom. The quantitative estimate of drug-likeness (QED) is 0.885. The molecule has 2 atom stereocenters. The van der Waals surface area contributed by atoms with Crippen molar-refractivity contribution in [1.29, 1.82) is 0 Å². The Morgan fingerprint density at radius 1 is 1.47 bits per heavy atom. The first kappa shape index (κ1) is 14.4. The van der Waals surface area contributed by atoms with Gasteiger partial charge in [0.05, 0.1) is 13.7 Å². The maximum Gasteiger partial charge on any atom is 0.122 e. The molecule has 19 heavy (non-hydrogen) atoms. The molecule has 3 nitrogen and oxygen atoms in total. The number of rotatable bonds is 5. The van der Waals surface area contributed by atoms with Gasteiger partial charge in [-0.05, 0) is 43.5 Å². The Hall–Kier alpha value is -1.06. The number of nitrogens with one attached hydrogen (secondary N) is 1. The molecular weight excluding hydrogens is 238 g/mol. The van der Waals surface area contributed by atoms with Crippen LogP contribution in [0.5, 0.6) is 5.75 Å². The first-order valence-electron chi connectivity index (χ1n) is 7.22. The van der Waals surface area contributed by atoms with E-state index in [0.29, 0.717) is 12.0 Å². The van der Waals surface area contributed by atoms with Crippen molar-refractivity contribution >= 4 is 0 Å². The number of ether oxygens (including phenoxy) is 2. The van der Waals surface area contributed by atoms with E-state index in [-0.39, 0.29) is 0 Å². The van der Waals surface area contributed by atoms with Gasteiger partial charge in [-0.2, -0.15) is 0 Å². The molecule has 1 aromatic rings. The van der Waals surface area contributed by atoms with Gasteiger partial charge in [-0.25, -0.2) is 0 Å². The highest BCUT2D eigenvalue weighted by Crippen LogP contribution is 2.31. The Kier molecular flexibility index (Phi) is 5.23. The van der Waals surface area contributed by atoms with Crippen molar-refractivity contribution in [2.24, 2.45) is 5.92 Å². The fraction of sp³-hybridized carbons (Fsp3) is 0.625. The number of benzene rings is 1. The van der Waals surface area contributed by atoms with Crippen LogP contribution in [0.3, 0.4) is 0 Å². The molecule has 0 aromatic heterocycles. The minimum atomic E-state index is 0.361. The molecule has 0 radical (unpaired) electrons. The topological polar surface area (TPSA) is 30.5 Å². The molecule has 1 aliphatic rings. The number of methoxy groups -OCH3 is 1. The molecule has 1 fully saturated rings. The van der Waals surface area contributed by atoms with Crippen molar-refractivity contribution in [3.63, 3.8) is 0 Å². The van der Waals surface area contributed by atoms with Crippen LogP contribution in [0.4, 0.5) is 0 Å². The normalized spacial score (nSPS) is 21.1. The second-order valence-corrected chi connectivity index (χ2v) is 5.24. The highest BCUT2D eigenvalue weighted by Gasteiger charge is 2.25. The highest BCUT2D eigenvalue weighted by atomic mass is 16.5. The Bertz CT molecular complexity index is 400. The highest BCUT2D eigenvalue weighted by molar-refractivity contribution is 5.38. The molecule has 1 heterocycles. The van der Waals surface area contributed by atoms with Crippen LogP contribution in [-0.2, 0) is 4.74 Å². The lowest BCUT2D eigenvalue weighted by Gasteiger charge is -2.31. The van der Waals surface area contributed by atoms with Gasteiger partial charge >= 0.3 is 0 Å². The van der Waals surface area contributed by atoms with E-state index in [1.165, 1.54) is 17.5 Å². The second kappa shape index (κ2) is 6.92. The molecule has 2 rings (SSSR count). The summed E-state index contributed by atoms with van der Waals surface area (Å²) in [5, 5.41) is 3.60. The Labute approximate surface area is 116 Å². The van der Waals surface area contributed by atoms with Crippen molar-refractivity contribution in [3.05, 3.63) is 29.3 Å². The van der Waals surface area contributed by atoms with Crippen LogP contribution in [0.15, 0.2) is 18.2 Å². The fourth-order valence-electron chi connectivity index (χ4n) is 2.84. The van der Waals surface area contributed by atoms with Crippen LogP contribution < -0.4 is 10.1 Å². The van der Waals surface area contributed by atoms with Crippen molar-refractivity contribution in [1.82, 2.24) is 5.32 Å². The molecule has 0 spiro atoms. The predicted molar refractivity (Wildman–Crippen MR) is 77.7 cm³/mol. The molecular formula is C16H25NO2. The van der Waals surface area contributed by atoms with E-state index < -0.39 is 0 Å². The lowest BCUT2D eigenvalue weighted by atomic mass is 9.88. The molecule has 0 amide bonds. The van der Waals surface area contributed by atoms with Gasteiger partial charge in [0.1, 0.15) is 5.75 Å². The van der Waals surface area contributed by atoms with Crippen LogP contribution in [0.2, 0.25) is 0 Å². The van der Waals surface area contributed by atoms with Crippen LogP contribution in [0.1, 0.15) is 36.9 Å². The average molecular weight is 263 g/mol. The van der Waals surface area contributed by atoms with Crippen molar-refractivity contribution in [2.75, 3.05) is 26.9 Å². The monoisotopic (exact) mass is 263 g/mol. The first-order chi connectivity index (χ1) is 9.26. The fourth-order valence-corrected chi connectivity index (χ4v) is 2.84. The zero-order valence-corrected chi connectivity index (χ0v) is 12.2. The van der Waals surface area contributed by atoms with E-state index >= 15 is 0 Å². The van der Waals surface area contributed by atoms with Gasteiger partial charge in [0.25, 0.3) is 0 Å². The zero-order valence-electron chi connectivity index (χ0n) is 12.2. The molecule has 1 N–H and O–H groups in total.